The molecule has 4 heteroatoms. The van der Waals surface area contributed by atoms with Gasteiger partial charge in [0.1, 0.15) is 0 Å². The second kappa shape index (κ2) is 4.43. The minimum atomic E-state index is -0.269. The van der Waals surface area contributed by atoms with Crippen molar-refractivity contribution in [1.29, 1.82) is 0 Å². The van der Waals surface area contributed by atoms with E-state index in [0.29, 0.717) is 0 Å². The Kier molecular flexibility index (Phi) is 3.37. The van der Waals surface area contributed by atoms with Crippen molar-refractivity contribution in [2.24, 2.45) is 0 Å². The van der Waals surface area contributed by atoms with Gasteiger partial charge >= 0.3 is 7.12 Å². The molecule has 2 rings (SSSR count). The number of rotatable bonds is 2. The third-order valence-electron chi connectivity index (χ3n) is 4.13. The zero-order valence-corrected chi connectivity index (χ0v) is 12.4. The van der Waals surface area contributed by atoms with Crippen molar-refractivity contribution in [2.75, 3.05) is 13.1 Å². The lowest BCUT2D eigenvalue weighted by Crippen LogP contribution is -2.41. The molecule has 2 aliphatic heterocycles. The zero-order chi connectivity index (χ0) is 13.6. The van der Waals surface area contributed by atoms with E-state index < -0.39 is 0 Å². The van der Waals surface area contributed by atoms with E-state index in [1.54, 1.807) is 0 Å². The minimum Gasteiger partial charge on any atom is -0.399 e. The second-order valence-electron chi connectivity index (χ2n) is 6.27. The van der Waals surface area contributed by atoms with Gasteiger partial charge in [0.25, 0.3) is 0 Å². The summed E-state index contributed by atoms with van der Waals surface area (Å²) in [7, 11) is -0.251. The summed E-state index contributed by atoms with van der Waals surface area (Å²) in [6, 6.07) is 0. The Hall–Kier alpha value is -0.735. The summed E-state index contributed by atoms with van der Waals surface area (Å²) in [4.78, 5) is 2.29. The van der Waals surface area contributed by atoms with Gasteiger partial charge in [-0.2, -0.15) is 0 Å². The Balaban J connectivity index is 2.21. The highest BCUT2D eigenvalue weighted by Gasteiger charge is 2.52. The number of likely N-dealkylation sites (N-methyl/N-ethyl adjacent to an activating group) is 1. The van der Waals surface area contributed by atoms with E-state index in [2.05, 4.69) is 58.7 Å². The lowest BCUT2D eigenvalue weighted by atomic mass is 9.76. The van der Waals surface area contributed by atoms with Crippen LogP contribution in [0.3, 0.4) is 0 Å². The van der Waals surface area contributed by atoms with E-state index in [-0.39, 0.29) is 18.3 Å². The Labute approximate surface area is 111 Å². The van der Waals surface area contributed by atoms with E-state index in [9.17, 15) is 0 Å². The molecule has 18 heavy (non-hydrogen) atoms. The largest absolute Gasteiger partial charge is 0.496 e. The van der Waals surface area contributed by atoms with Crippen molar-refractivity contribution < 1.29 is 9.31 Å². The number of hydrogen-bond acceptors (Lipinski definition) is 3. The third-order valence-corrected chi connectivity index (χ3v) is 4.13. The van der Waals surface area contributed by atoms with Crippen LogP contribution in [0.5, 0.6) is 0 Å². The van der Waals surface area contributed by atoms with Crippen molar-refractivity contribution in [3.05, 3.63) is 23.3 Å². The fourth-order valence-corrected chi connectivity index (χ4v) is 2.26. The molecule has 0 aromatic rings. The average molecular weight is 249 g/mol. The molecule has 100 valence electrons. The topological polar surface area (TPSA) is 21.7 Å². The molecule has 2 heterocycles. The molecule has 0 saturated carbocycles. The molecule has 1 fully saturated rings. The number of nitrogens with zero attached hydrogens (tertiary/aromatic N) is 1. The highest BCUT2D eigenvalue weighted by Crippen LogP contribution is 2.39. The fourth-order valence-electron chi connectivity index (χ4n) is 2.26. The van der Waals surface area contributed by atoms with Crippen molar-refractivity contribution in [3.63, 3.8) is 0 Å². The van der Waals surface area contributed by atoms with Gasteiger partial charge in [0.2, 0.25) is 0 Å². The number of allylic oxidation sites excluding steroid dienone is 2. The normalized spacial score (nSPS) is 26.1. The van der Waals surface area contributed by atoms with Gasteiger partial charge in [-0.1, -0.05) is 11.6 Å². The molecule has 0 N–H and O–H groups in total. The number of hydrogen-bond donors (Lipinski definition) is 0. The summed E-state index contributed by atoms with van der Waals surface area (Å²) in [5.41, 5.74) is 1.94. The van der Waals surface area contributed by atoms with Gasteiger partial charge in [0.05, 0.1) is 11.2 Å². The first-order valence-electron chi connectivity index (χ1n) is 6.74. The van der Waals surface area contributed by atoms with Gasteiger partial charge in [-0.15, -0.1) is 0 Å². The van der Waals surface area contributed by atoms with E-state index in [1.807, 2.05) is 0 Å². The molecule has 0 aromatic carbocycles. The van der Waals surface area contributed by atoms with Crippen LogP contribution < -0.4 is 0 Å². The average Bonchev–Trinajstić information content (AvgIpc) is 2.47. The summed E-state index contributed by atoms with van der Waals surface area (Å²) in [5.74, 6) is 0. The van der Waals surface area contributed by atoms with Crippen LogP contribution in [0.25, 0.3) is 0 Å². The molecular weight excluding hydrogens is 225 g/mol. The molecule has 0 unspecified atom stereocenters. The second-order valence-corrected chi connectivity index (χ2v) is 6.27. The van der Waals surface area contributed by atoms with Crippen LogP contribution in [0, 0.1) is 0 Å². The van der Waals surface area contributed by atoms with E-state index >= 15 is 0 Å². The monoisotopic (exact) mass is 249 g/mol. The van der Waals surface area contributed by atoms with Crippen molar-refractivity contribution in [2.45, 2.75) is 52.7 Å². The molecule has 2 aliphatic rings. The van der Waals surface area contributed by atoms with Crippen LogP contribution in [0.2, 0.25) is 0 Å². The lowest BCUT2D eigenvalue weighted by Gasteiger charge is -2.32. The van der Waals surface area contributed by atoms with Gasteiger partial charge in [-0.3, -0.25) is 0 Å². The van der Waals surface area contributed by atoms with Crippen LogP contribution in [0.4, 0.5) is 0 Å². The molecular formula is C14H24BNO2. The molecule has 0 amide bonds. The molecule has 0 aliphatic carbocycles. The third kappa shape index (κ3) is 2.36. The van der Waals surface area contributed by atoms with Crippen molar-refractivity contribution in [1.82, 2.24) is 4.90 Å². The highest BCUT2D eigenvalue weighted by molar-refractivity contribution is 6.55. The maximum atomic E-state index is 6.08. The molecule has 0 aromatic heterocycles. The first kappa shape index (κ1) is 13.7. The Bertz CT molecular complexity index is 383. The van der Waals surface area contributed by atoms with E-state index in [0.717, 1.165) is 18.6 Å². The first-order valence-corrected chi connectivity index (χ1v) is 6.74. The summed E-state index contributed by atoms with van der Waals surface area (Å²) >= 11 is 0. The Morgan fingerprint density at radius 3 is 2.28 bits per heavy atom. The van der Waals surface area contributed by atoms with Crippen molar-refractivity contribution >= 4 is 7.12 Å². The standard InChI is InChI=1S/C14H24BNO2/c1-7-16-9-11(2)8-12(10-16)15-17-13(3,4)14(5,6)18-15/h8,10H,7,9H2,1-6H3. The molecule has 1 saturated heterocycles. The van der Waals surface area contributed by atoms with Gasteiger partial charge in [-0.25, -0.2) is 0 Å². The first-order chi connectivity index (χ1) is 8.25. The fraction of sp³-hybridized carbons (Fsp3) is 0.714. The maximum Gasteiger partial charge on any atom is 0.496 e. The minimum absolute atomic E-state index is 0.251. The van der Waals surface area contributed by atoms with Crippen LogP contribution in [-0.4, -0.2) is 36.3 Å². The summed E-state index contributed by atoms with van der Waals surface area (Å²) in [5, 5.41) is 0. The summed E-state index contributed by atoms with van der Waals surface area (Å²) in [6.07, 6.45) is 4.35. The van der Waals surface area contributed by atoms with E-state index in [1.165, 1.54) is 5.57 Å². The molecule has 0 atom stereocenters. The maximum absolute atomic E-state index is 6.08. The zero-order valence-electron chi connectivity index (χ0n) is 12.4. The smallest absolute Gasteiger partial charge is 0.399 e. The molecule has 0 bridgehead atoms. The van der Waals surface area contributed by atoms with Crippen LogP contribution >= 0.6 is 0 Å². The highest BCUT2D eigenvalue weighted by atomic mass is 16.7. The van der Waals surface area contributed by atoms with Crippen LogP contribution in [0.15, 0.2) is 23.3 Å². The predicted octanol–water partition coefficient (Wildman–Crippen LogP) is 2.78. The Morgan fingerprint density at radius 1 is 1.22 bits per heavy atom. The predicted molar refractivity (Wildman–Crippen MR) is 75.2 cm³/mol. The van der Waals surface area contributed by atoms with Crippen molar-refractivity contribution in [3.8, 4) is 0 Å². The summed E-state index contributed by atoms with van der Waals surface area (Å²) < 4.78 is 12.2. The quantitative estimate of drug-likeness (QED) is 0.702. The lowest BCUT2D eigenvalue weighted by molar-refractivity contribution is 0.00578. The van der Waals surface area contributed by atoms with Crippen LogP contribution in [0.1, 0.15) is 41.5 Å². The van der Waals surface area contributed by atoms with Gasteiger partial charge in [-0.05, 0) is 53.2 Å². The van der Waals surface area contributed by atoms with Gasteiger partial charge in [0, 0.05) is 13.1 Å². The molecule has 3 nitrogen and oxygen atoms in total. The van der Waals surface area contributed by atoms with Gasteiger partial charge in [0.15, 0.2) is 0 Å². The SMILES string of the molecule is CCN1C=C(B2OC(C)(C)C(C)(C)O2)C=C(C)C1. The van der Waals surface area contributed by atoms with Gasteiger partial charge < -0.3 is 14.2 Å². The van der Waals surface area contributed by atoms with E-state index in [4.69, 9.17) is 9.31 Å². The molecule has 0 spiro atoms. The molecule has 0 radical (unpaired) electrons. The summed E-state index contributed by atoms with van der Waals surface area (Å²) in [6.45, 7) is 14.7. The van der Waals surface area contributed by atoms with Crippen LogP contribution in [-0.2, 0) is 9.31 Å². The Morgan fingerprint density at radius 2 is 1.78 bits per heavy atom.